The number of anilines is 1. The number of nitrogens with one attached hydrogen (secondary N) is 1. The molecule has 17 heavy (non-hydrogen) atoms. The van der Waals surface area contributed by atoms with Gasteiger partial charge in [0.25, 0.3) is 5.69 Å². The molecule has 0 amide bonds. The van der Waals surface area contributed by atoms with E-state index in [9.17, 15) is 10.1 Å². The van der Waals surface area contributed by atoms with Crippen molar-refractivity contribution in [3.8, 4) is 0 Å². The summed E-state index contributed by atoms with van der Waals surface area (Å²) in [7, 11) is 0. The lowest BCUT2D eigenvalue weighted by atomic mass is 10.2. The Morgan fingerprint density at radius 3 is 3.06 bits per heavy atom. The third-order valence-electron chi connectivity index (χ3n) is 2.72. The van der Waals surface area contributed by atoms with E-state index in [4.69, 9.17) is 16.3 Å². The monoisotopic (exact) mass is 256 g/mol. The average Bonchev–Trinajstić information content (AvgIpc) is 2.80. The van der Waals surface area contributed by atoms with Crippen molar-refractivity contribution in [1.29, 1.82) is 0 Å². The van der Waals surface area contributed by atoms with Crippen LogP contribution in [-0.2, 0) is 4.74 Å². The molecule has 1 aliphatic heterocycles. The van der Waals surface area contributed by atoms with Gasteiger partial charge in [-0.15, -0.1) is 0 Å². The van der Waals surface area contributed by atoms with Gasteiger partial charge in [-0.05, 0) is 18.9 Å². The van der Waals surface area contributed by atoms with E-state index in [0.29, 0.717) is 17.3 Å². The van der Waals surface area contributed by atoms with Gasteiger partial charge in [-0.3, -0.25) is 10.1 Å². The van der Waals surface area contributed by atoms with Crippen molar-refractivity contribution in [2.24, 2.45) is 0 Å². The fourth-order valence-corrected chi connectivity index (χ4v) is 2.10. The van der Waals surface area contributed by atoms with E-state index >= 15 is 0 Å². The van der Waals surface area contributed by atoms with Crippen LogP contribution in [0, 0.1) is 10.1 Å². The molecular formula is C11H13ClN2O3. The van der Waals surface area contributed by atoms with Crippen LogP contribution in [0.15, 0.2) is 18.2 Å². The smallest absolute Gasteiger partial charge is 0.293 e. The molecule has 2 rings (SSSR count). The van der Waals surface area contributed by atoms with Gasteiger partial charge in [0.2, 0.25) is 0 Å². The second-order valence-electron chi connectivity index (χ2n) is 3.91. The first-order valence-electron chi connectivity index (χ1n) is 5.47. The topological polar surface area (TPSA) is 64.4 Å². The maximum absolute atomic E-state index is 10.8. The van der Waals surface area contributed by atoms with E-state index in [0.717, 1.165) is 19.4 Å². The van der Waals surface area contributed by atoms with Crippen LogP contribution in [0.1, 0.15) is 12.8 Å². The zero-order valence-corrected chi connectivity index (χ0v) is 9.94. The lowest BCUT2D eigenvalue weighted by Gasteiger charge is -2.12. The predicted octanol–water partition coefficient (Wildman–Crippen LogP) is 2.84. The first kappa shape index (κ1) is 12.1. The highest BCUT2D eigenvalue weighted by Crippen LogP contribution is 2.32. The molecule has 1 N–H and O–H groups in total. The number of ether oxygens (including phenoxy) is 1. The van der Waals surface area contributed by atoms with Crippen LogP contribution in [0.5, 0.6) is 0 Å². The van der Waals surface area contributed by atoms with Crippen molar-refractivity contribution < 1.29 is 9.66 Å². The Balaban J connectivity index is 2.10. The minimum Gasteiger partial charge on any atom is -0.376 e. The Hall–Kier alpha value is -1.33. The maximum atomic E-state index is 10.8. The van der Waals surface area contributed by atoms with Crippen molar-refractivity contribution in [1.82, 2.24) is 0 Å². The lowest BCUT2D eigenvalue weighted by molar-refractivity contribution is -0.383. The molecule has 0 bridgehead atoms. The predicted molar refractivity (Wildman–Crippen MR) is 65.6 cm³/mol. The van der Waals surface area contributed by atoms with Crippen molar-refractivity contribution in [2.75, 3.05) is 18.5 Å². The Labute approximate surface area is 104 Å². The molecule has 1 aliphatic rings. The van der Waals surface area contributed by atoms with Gasteiger partial charge in [-0.1, -0.05) is 17.7 Å². The van der Waals surface area contributed by atoms with Gasteiger partial charge in [0.15, 0.2) is 0 Å². The normalized spacial score (nSPS) is 19.2. The van der Waals surface area contributed by atoms with Gasteiger partial charge in [0, 0.05) is 19.2 Å². The molecule has 1 atom stereocenters. The van der Waals surface area contributed by atoms with Gasteiger partial charge in [-0.25, -0.2) is 0 Å². The molecule has 0 saturated carbocycles. The second-order valence-corrected chi connectivity index (χ2v) is 4.31. The van der Waals surface area contributed by atoms with Gasteiger partial charge in [-0.2, -0.15) is 0 Å². The Morgan fingerprint density at radius 2 is 2.41 bits per heavy atom. The van der Waals surface area contributed by atoms with Crippen molar-refractivity contribution in [3.05, 3.63) is 33.3 Å². The van der Waals surface area contributed by atoms with E-state index in [-0.39, 0.29) is 11.8 Å². The number of nitrogens with zero attached hydrogens (tertiary/aromatic N) is 1. The van der Waals surface area contributed by atoms with Crippen LogP contribution in [-0.4, -0.2) is 24.2 Å². The Bertz CT molecular complexity index is 419. The lowest BCUT2D eigenvalue weighted by Crippen LogP contribution is -2.19. The molecule has 0 aliphatic carbocycles. The number of benzene rings is 1. The van der Waals surface area contributed by atoms with Crippen LogP contribution in [0.2, 0.25) is 5.02 Å². The standard InChI is InChI=1S/C11H13ClN2O3/c12-9-4-1-5-10(14(15)16)11(9)13-7-8-3-2-6-17-8/h1,4-5,8,13H,2-3,6-7H2. The minimum absolute atomic E-state index is 0.00417. The first-order chi connectivity index (χ1) is 8.18. The molecule has 1 unspecified atom stereocenters. The second kappa shape index (κ2) is 5.33. The minimum atomic E-state index is -0.441. The average molecular weight is 257 g/mol. The zero-order valence-electron chi connectivity index (χ0n) is 9.19. The molecule has 1 aromatic rings. The first-order valence-corrected chi connectivity index (χ1v) is 5.84. The summed E-state index contributed by atoms with van der Waals surface area (Å²) in [5.41, 5.74) is 0.366. The fraction of sp³-hybridized carbons (Fsp3) is 0.455. The fourth-order valence-electron chi connectivity index (χ4n) is 1.86. The van der Waals surface area contributed by atoms with E-state index in [1.54, 1.807) is 12.1 Å². The number of nitro benzene ring substituents is 1. The SMILES string of the molecule is O=[N+]([O-])c1cccc(Cl)c1NCC1CCCO1. The van der Waals surface area contributed by atoms with Crippen LogP contribution >= 0.6 is 11.6 Å². The van der Waals surface area contributed by atoms with Gasteiger partial charge < -0.3 is 10.1 Å². The third-order valence-corrected chi connectivity index (χ3v) is 3.03. The van der Waals surface area contributed by atoms with Crippen molar-refractivity contribution in [2.45, 2.75) is 18.9 Å². The summed E-state index contributed by atoms with van der Waals surface area (Å²) in [4.78, 5) is 10.4. The molecule has 1 heterocycles. The van der Waals surface area contributed by atoms with Crippen LogP contribution in [0.25, 0.3) is 0 Å². The van der Waals surface area contributed by atoms with Gasteiger partial charge in [0.1, 0.15) is 5.69 Å². The summed E-state index contributed by atoms with van der Waals surface area (Å²) in [5, 5.41) is 14.2. The van der Waals surface area contributed by atoms with Gasteiger partial charge in [0.05, 0.1) is 16.0 Å². The number of hydrogen-bond acceptors (Lipinski definition) is 4. The van der Waals surface area contributed by atoms with Crippen LogP contribution in [0.3, 0.4) is 0 Å². The summed E-state index contributed by atoms with van der Waals surface area (Å²) in [6, 6.07) is 4.63. The molecule has 6 heteroatoms. The van der Waals surface area contributed by atoms with E-state index in [1.165, 1.54) is 6.07 Å². The number of rotatable bonds is 4. The summed E-state index contributed by atoms with van der Waals surface area (Å²) >= 11 is 5.95. The van der Waals surface area contributed by atoms with Crippen LogP contribution < -0.4 is 5.32 Å². The van der Waals surface area contributed by atoms with E-state index in [2.05, 4.69) is 5.32 Å². The number of hydrogen-bond donors (Lipinski definition) is 1. The summed E-state index contributed by atoms with van der Waals surface area (Å²) in [5.74, 6) is 0. The molecule has 1 saturated heterocycles. The number of nitro groups is 1. The summed E-state index contributed by atoms with van der Waals surface area (Å²) in [6.45, 7) is 1.31. The van der Waals surface area contributed by atoms with Crippen molar-refractivity contribution >= 4 is 23.0 Å². The molecule has 1 fully saturated rings. The number of para-hydroxylation sites is 1. The van der Waals surface area contributed by atoms with Gasteiger partial charge >= 0.3 is 0 Å². The molecule has 0 radical (unpaired) electrons. The van der Waals surface area contributed by atoms with E-state index < -0.39 is 4.92 Å². The highest BCUT2D eigenvalue weighted by molar-refractivity contribution is 6.33. The summed E-state index contributed by atoms with van der Waals surface area (Å²) in [6.07, 6.45) is 2.13. The highest BCUT2D eigenvalue weighted by atomic mass is 35.5. The highest BCUT2D eigenvalue weighted by Gasteiger charge is 2.20. The van der Waals surface area contributed by atoms with E-state index in [1.807, 2.05) is 0 Å². The Morgan fingerprint density at radius 1 is 1.59 bits per heavy atom. The number of halogens is 1. The van der Waals surface area contributed by atoms with Crippen LogP contribution in [0.4, 0.5) is 11.4 Å². The largest absolute Gasteiger partial charge is 0.376 e. The molecule has 5 nitrogen and oxygen atoms in total. The Kier molecular flexibility index (Phi) is 3.81. The molecular weight excluding hydrogens is 244 g/mol. The summed E-state index contributed by atoms with van der Waals surface area (Å²) < 4.78 is 5.44. The van der Waals surface area contributed by atoms with Crippen molar-refractivity contribution in [3.63, 3.8) is 0 Å². The third kappa shape index (κ3) is 2.87. The molecule has 0 spiro atoms. The zero-order chi connectivity index (χ0) is 12.3. The molecule has 92 valence electrons. The quantitative estimate of drug-likeness (QED) is 0.665. The molecule has 1 aromatic carbocycles. The molecule has 0 aromatic heterocycles. The maximum Gasteiger partial charge on any atom is 0.293 e.